The Balaban J connectivity index is 2.28. The molecule has 1 amide bonds. The van der Waals surface area contributed by atoms with Crippen LogP contribution in [0.25, 0.3) is 10.9 Å². The van der Waals surface area contributed by atoms with Gasteiger partial charge in [-0.05, 0) is 36.2 Å². The normalized spacial score (nSPS) is 11.2. The molecule has 0 saturated heterocycles. The Kier molecular flexibility index (Phi) is 6.35. The van der Waals surface area contributed by atoms with Crippen molar-refractivity contribution in [2.45, 2.75) is 26.3 Å². The van der Waals surface area contributed by atoms with E-state index >= 15 is 0 Å². The Morgan fingerprint density at radius 3 is 2.59 bits per heavy atom. The number of carbonyl (C=O) groups is 2. The smallest absolute Gasteiger partial charge is 0.248 e. The van der Waals surface area contributed by atoms with Crippen LogP contribution >= 0.6 is 11.6 Å². The van der Waals surface area contributed by atoms with E-state index < -0.39 is 11.7 Å². The fourth-order valence-corrected chi connectivity index (χ4v) is 3.79. The van der Waals surface area contributed by atoms with Crippen LogP contribution in [0.15, 0.2) is 36.4 Å². The summed E-state index contributed by atoms with van der Waals surface area (Å²) in [5, 5.41) is 1.02. The van der Waals surface area contributed by atoms with Crippen LogP contribution in [0.2, 0.25) is 5.02 Å². The quantitative estimate of drug-likeness (QED) is 0.554. The standard InChI is InChI=1S/C22H22ClFN2O3/c1-3-4-18-21(20(27)12-29-2)16-8-6-13(22(25)28)9-19(16)26(18)11-14-5-7-15(24)10-17(14)23/h5-10H,3-4,11-12H2,1-2H3,(H2,25,28). The van der Waals surface area contributed by atoms with Crippen molar-refractivity contribution in [3.63, 3.8) is 0 Å². The van der Waals surface area contributed by atoms with Gasteiger partial charge in [-0.25, -0.2) is 4.39 Å². The van der Waals surface area contributed by atoms with E-state index in [0.29, 0.717) is 40.2 Å². The number of ketones is 1. The Morgan fingerprint density at radius 1 is 1.21 bits per heavy atom. The molecule has 0 unspecified atom stereocenters. The van der Waals surface area contributed by atoms with Gasteiger partial charge in [-0.15, -0.1) is 0 Å². The second-order valence-electron chi connectivity index (χ2n) is 6.85. The third-order valence-corrected chi connectivity index (χ3v) is 5.19. The first kappa shape index (κ1) is 21.0. The number of amides is 1. The van der Waals surface area contributed by atoms with Crippen LogP contribution in [0.1, 0.15) is 45.3 Å². The number of Topliss-reactive ketones (excluding diaryl/α,β-unsaturated/α-hetero) is 1. The Bertz CT molecular complexity index is 1090. The van der Waals surface area contributed by atoms with Crippen molar-refractivity contribution in [1.29, 1.82) is 0 Å². The van der Waals surface area contributed by atoms with Crippen molar-refractivity contribution < 1.29 is 18.7 Å². The number of aromatic nitrogens is 1. The molecule has 2 N–H and O–H groups in total. The molecular weight excluding hydrogens is 395 g/mol. The topological polar surface area (TPSA) is 74.3 Å². The highest BCUT2D eigenvalue weighted by Crippen LogP contribution is 2.31. The van der Waals surface area contributed by atoms with E-state index in [1.54, 1.807) is 24.3 Å². The van der Waals surface area contributed by atoms with Crippen molar-refractivity contribution in [3.8, 4) is 0 Å². The molecule has 0 atom stereocenters. The van der Waals surface area contributed by atoms with Gasteiger partial charge in [0, 0.05) is 40.9 Å². The van der Waals surface area contributed by atoms with E-state index in [9.17, 15) is 14.0 Å². The molecule has 3 aromatic rings. The molecule has 0 aliphatic rings. The lowest BCUT2D eigenvalue weighted by Gasteiger charge is -2.13. The van der Waals surface area contributed by atoms with Crippen LogP contribution in [-0.2, 0) is 17.7 Å². The van der Waals surface area contributed by atoms with Gasteiger partial charge in [0.1, 0.15) is 12.4 Å². The van der Waals surface area contributed by atoms with E-state index in [-0.39, 0.29) is 12.4 Å². The highest BCUT2D eigenvalue weighted by Gasteiger charge is 2.23. The highest BCUT2D eigenvalue weighted by molar-refractivity contribution is 6.31. The number of hydrogen-bond donors (Lipinski definition) is 1. The number of methoxy groups -OCH3 is 1. The van der Waals surface area contributed by atoms with Gasteiger partial charge in [-0.1, -0.05) is 37.1 Å². The largest absolute Gasteiger partial charge is 0.377 e. The highest BCUT2D eigenvalue weighted by atomic mass is 35.5. The number of nitrogens with two attached hydrogens (primary N) is 1. The number of carbonyl (C=O) groups excluding carboxylic acids is 2. The Morgan fingerprint density at radius 2 is 1.97 bits per heavy atom. The molecule has 2 aromatic carbocycles. The monoisotopic (exact) mass is 416 g/mol. The number of halogens is 2. The molecule has 1 heterocycles. The number of hydrogen-bond acceptors (Lipinski definition) is 3. The molecule has 0 aliphatic carbocycles. The van der Waals surface area contributed by atoms with Crippen LogP contribution < -0.4 is 5.73 Å². The van der Waals surface area contributed by atoms with Crippen molar-refractivity contribution in [1.82, 2.24) is 4.57 Å². The molecular formula is C22H22ClFN2O3. The van der Waals surface area contributed by atoms with Crippen LogP contribution in [0.5, 0.6) is 0 Å². The second kappa shape index (κ2) is 8.76. The molecule has 3 rings (SSSR count). The van der Waals surface area contributed by atoms with E-state index in [1.165, 1.54) is 19.2 Å². The SMILES string of the molecule is CCCc1c(C(=O)COC)c2ccc(C(N)=O)cc2n1Cc1ccc(F)cc1Cl. The average molecular weight is 417 g/mol. The van der Waals surface area contributed by atoms with Crippen LogP contribution in [0.3, 0.4) is 0 Å². The molecule has 152 valence electrons. The summed E-state index contributed by atoms with van der Waals surface area (Å²) >= 11 is 6.25. The van der Waals surface area contributed by atoms with Gasteiger partial charge >= 0.3 is 0 Å². The second-order valence-corrected chi connectivity index (χ2v) is 7.25. The summed E-state index contributed by atoms with van der Waals surface area (Å²) in [5.74, 6) is -1.12. The Labute approximate surface area is 173 Å². The van der Waals surface area contributed by atoms with Crippen molar-refractivity contribution in [3.05, 3.63) is 69.6 Å². The van der Waals surface area contributed by atoms with Crippen LogP contribution in [0, 0.1) is 5.82 Å². The molecule has 0 spiro atoms. The summed E-state index contributed by atoms with van der Waals surface area (Å²) in [7, 11) is 1.47. The molecule has 0 bridgehead atoms. The van der Waals surface area contributed by atoms with E-state index in [0.717, 1.165) is 17.5 Å². The lowest BCUT2D eigenvalue weighted by molar-refractivity contribution is 0.0848. The maximum atomic E-state index is 13.5. The van der Waals surface area contributed by atoms with Crippen LogP contribution in [-0.4, -0.2) is 30.0 Å². The summed E-state index contributed by atoms with van der Waals surface area (Å²) in [5.41, 5.74) is 8.60. The van der Waals surface area contributed by atoms with E-state index in [1.807, 2.05) is 11.5 Å². The molecule has 1 aromatic heterocycles. The lowest BCUT2D eigenvalue weighted by Crippen LogP contribution is -2.12. The number of nitrogens with zero attached hydrogens (tertiary/aromatic N) is 1. The molecule has 5 nitrogen and oxygen atoms in total. The number of rotatable bonds is 8. The zero-order chi connectivity index (χ0) is 21.1. The van der Waals surface area contributed by atoms with Crippen molar-refractivity contribution in [2.75, 3.05) is 13.7 Å². The van der Waals surface area contributed by atoms with Gasteiger partial charge in [0.2, 0.25) is 5.91 Å². The maximum Gasteiger partial charge on any atom is 0.248 e. The molecule has 0 saturated carbocycles. The first-order valence-corrected chi connectivity index (χ1v) is 9.66. The van der Waals surface area contributed by atoms with E-state index in [4.69, 9.17) is 22.1 Å². The minimum atomic E-state index is -0.554. The first-order valence-electron chi connectivity index (χ1n) is 9.28. The third kappa shape index (κ3) is 4.18. The van der Waals surface area contributed by atoms with Gasteiger partial charge in [-0.3, -0.25) is 9.59 Å². The predicted molar refractivity (Wildman–Crippen MR) is 111 cm³/mol. The number of ether oxygens (including phenoxy) is 1. The molecule has 7 heteroatoms. The van der Waals surface area contributed by atoms with Gasteiger partial charge < -0.3 is 15.0 Å². The summed E-state index contributed by atoms with van der Waals surface area (Å²) in [6.07, 6.45) is 1.45. The summed E-state index contributed by atoms with van der Waals surface area (Å²) < 4.78 is 20.5. The van der Waals surface area contributed by atoms with Gasteiger partial charge in [0.05, 0.1) is 5.52 Å². The Hall–Kier alpha value is -2.70. The van der Waals surface area contributed by atoms with E-state index in [2.05, 4.69) is 0 Å². The zero-order valence-corrected chi connectivity index (χ0v) is 17.1. The maximum absolute atomic E-state index is 13.5. The third-order valence-electron chi connectivity index (χ3n) is 4.84. The summed E-state index contributed by atoms with van der Waals surface area (Å²) in [6.45, 7) is 2.30. The number of fused-ring (bicyclic) bond motifs is 1. The van der Waals surface area contributed by atoms with Gasteiger partial charge in [0.15, 0.2) is 5.78 Å². The van der Waals surface area contributed by atoms with Crippen molar-refractivity contribution in [2.24, 2.45) is 5.73 Å². The van der Waals surface area contributed by atoms with Gasteiger partial charge in [-0.2, -0.15) is 0 Å². The molecule has 0 fully saturated rings. The first-order chi connectivity index (χ1) is 13.9. The fourth-order valence-electron chi connectivity index (χ4n) is 3.57. The molecule has 0 radical (unpaired) electrons. The number of benzene rings is 2. The summed E-state index contributed by atoms with van der Waals surface area (Å²) in [4.78, 5) is 24.6. The minimum absolute atomic E-state index is 0.0509. The fraction of sp³-hybridized carbons (Fsp3) is 0.273. The van der Waals surface area contributed by atoms with Gasteiger partial charge in [0.25, 0.3) is 0 Å². The minimum Gasteiger partial charge on any atom is -0.377 e. The lowest BCUT2D eigenvalue weighted by atomic mass is 10.0. The average Bonchev–Trinajstić information content (AvgIpc) is 2.97. The van der Waals surface area contributed by atoms with Crippen molar-refractivity contribution >= 4 is 34.2 Å². The summed E-state index contributed by atoms with van der Waals surface area (Å²) in [6, 6.07) is 9.25. The zero-order valence-electron chi connectivity index (χ0n) is 16.3. The molecule has 0 aliphatic heterocycles. The number of primary amides is 1. The predicted octanol–water partition coefficient (Wildman–Crippen LogP) is 4.36. The molecule has 29 heavy (non-hydrogen) atoms. The van der Waals surface area contributed by atoms with Crippen LogP contribution in [0.4, 0.5) is 4.39 Å².